The molecule has 80 valence electrons. The van der Waals surface area contributed by atoms with Gasteiger partial charge in [0.2, 0.25) is 5.95 Å². The van der Waals surface area contributed by atoms with E-state index in [0.29, 0.717) is 5.95 Å². The zero-order valence-corrected chi connectivity index (χ0v) is 9.07. The highest BCUT2D eigenvalue weighted by molar-refractivity contribution is 7.59. The average Bonchev–Trinajstić information content (AvgIpc) is 2.59. The molecule has 0 fully saturated rings. The van der Waals surface area contributed by atoms with Crippen molar-refractivity contribution in [2.24, 2.45) is 0 Å². The lowest BCUT2D eigenvalue weighted by atomic mass is 10.3. The highest BCUT2D eigenvalue weighted by atomic mass is 32.1. The van der Waals surface area contributed by atoms with Crippen molar-refractivity contribution in [3.05, 3.63) is 24.3 Å². The number of hydrogen-bond donors (Lipinski definition) is 2. The van der Waals surface area contributed by atoms with Crippen LogP contribution in [0.5, 0.6) is 0 Å². The molecule has 0 saturated heterocycles. The van der Waals surface area contributed by atoms with E-state index >= 15 is 0 Å². The summed E-state index contributed by atoms with van der Waals surface area (Å²) in [6.07, 6.45) is -0.538. The van der Waals surface area contributed by atoms with E-state index in [1.165, 1.54) is 7.11 Å². The molecule has 0 aliphatic heterocycles. The van der Waals surface area contributed by atoms with Crippen LogP contribution in [0.2, 0.25) is 0 Å². The Labute approximate surface area is 93.3 Å². The predicted octanol–water partition coefficient (Wildman–Crippen LogP) is 1.85. The molecule has 1 heterocycles. The number of rotatable bonds is 1. The maximum absolute atomic E-state index is 10.9. The standard InChI is InChI=1S/C9H9N3O2.H2S/c1-14-9(13)12-8-10-6-4-2-3-5-7(6)11-8;/h2-5H,1H3,(H2,10,11,12,13);1H2. The number of anilines is 1. The summed E-state index contributed by atoms with van der Waals surface area (Å²) in [5, 5.41) is 2.45. The van der Waals surface area contributed by atoms with Gasteiger partial charge in [-0.3, -0.25) is 5.32 Å². The van der Waals surface area contributed by atoms with Crippen molar-refractivity contribution in [2.45, 2.75) is 0 Å². The molecule has 2 aromatic rings. The smallest absolute Gasteiger partial charge is 0.413 e. The van der Waals surface area contributed by atoms with Gasteiger partial charge in [0.1, 0.15) is 0 Å². The largest absolute Gasteiger partial charge is 0.453 e. The molecule has 1 aromatic heterocycles. The Kier molecular flexibility index (Phi) is 3.56. The van der Waals surface area contributed by atoms with Gasteiger partial charge in [-0.15, -0.1) is 0 Å². The summed E-state index contributed by atoms with van der Waals surface area (Å²) in [6.45, 7) is 0. The van der Waals surface area contributed by atoms with Crippen LogP contribution in [0.3, 0.4) is 0 Å². The molecule has 0 bridgehead atoms. The van der Waals surface area contributed by atoms with Crippen molar-refractivity contribution in [2.75, 3.05) is 12.4 Å². The number of aromatic amines is 1. The van der Waals surface area contributed by atoms with Gasteiger partial charge in [0.15, 0.2) is 0 Å². The van der Waals surface area contributed by atoms with Crippen molar-refractivity contribution in [3.63, 3.8) is 0 Å². The molecule has 0 spiro atoms. The topological polar surface area (TPSA) is 67.0 Å². The molecule has 15 heavy (non-hydrogen) atoms. The van der Waals surface area contributed by atoms with Crippen molar-refractivity contribution in [1.29, 1.82) is 0 Å². The quantitative estimate of drug-likeness (QED) is 0.778. The van der Waals surface area contributed by atoms with Crippen LogP contribution in [0.15, 0.2) is 24.3 Å². The van der Waals surface area contributed by atoms with Crippen LogP contribution in [0.25, 0.3) is 11.0 Å². The van der Waals surface area contributed by atoms with Crippen molar-refractivity contribution in [1.82, 2.24) is 9.97 Å². The van der Waals surface area contributed by atoms with Crippen molar-refractivity contribution >= 4 is 36.6 Å². The van der Waals surface area contributed by atoms with Crippen molar-refractivity contribution in [3.8, 4) is 0 Å². The van der Waals surface area contributed by atoms with Crippen LogP contribution in [-0.2, 0) is 4.74 Å². The number of benzene rings is 1. The fraction of sp³-hybridized carbons (Fsp3) is 0.111. The van der Waals surface area contributed by atoms with E-state index in [0.717, 1.165) is 11.0 Å². The lowest BCUT2D eigenvalue weighted by Crippen LogP contribution is -2.11. The molecular formula is C9H11N3O2S. The minimum atomic E-state index is -0.538. The molecule has 0 aliphatic carbocycles. The summed E-state index contributed by atoms with van der Waals surface area (Å²) in [5.74, 6) is 0.387. The number of para-hydroxylation sites is 2. The molecule has 0 saturated carbocycles. The van der Waals surface area contributed by atoms with Crippen LogP contribution < -0.4 is 5.32 Å². The number of ether oxygens (including phenoxy) is 1. The summed E-state index contributed by atoms with van der Waals surface area (Å²) in [4.78, 5) is 17.9. The van der Waals surface area contributed by atoms with E-state index in [9.17, 15) is 4.79 Å². The number of hydrogen-bond acceptors (Lipinski definition) is 3. The lowest BCUT2D eigenvalue weighted by Gasteiger charge is -1.96. The fourth-order valence-corrected chi connectivity index (χ4v) is 1.16. The molecule has 0 atom stereocenters. The molecule has 5 nitrogen and oxygen atoms in total. The first kappa shape index (κ1) is 11.4. The first-order valence-electron chi connectivity index (χ1n) is 4.09. The maximum Gasteiger partial charge on any atom is 0.413 e. The Balaban J connectivity index is 0.00000112. The van der Waals surface area contributed by atoms with Crippen LogP contribution in [0.4, 0.5) is 10.7 Å². The summed E-state index contributed by atoms with van der Waals surface area (Å²) < 4.78 is 4.44. The van der Waals surface area contributed by atoms with Gasteiger partial charge in [-0.05, 0) is 12.1 Å². The predicted molar refractivity (Wildman–Crippen MR) is 62.5 cm³/mol. The number of fused-ring (bicyclic) bond motifs is 1. The maximum atomic E-state index is 10.9. The molecule has 0 radical (unpaired) electrons. The zero-order chi connectivity index (χ0) is 9.97. The Hall–Kier alpha value is -1.69. The first-order valence-corrected chi connectivity index (χ1v) is 4.09. The van der Waals surface area contributed by atoms with E-state index in [1.807, 2.05) is 24.3 Å². The van der Waals surface area contributed by atoms with E-state index in [1.54, 1.807) is 0 Å². The lowest BCUT2D eigenvalue weighted by molar-refractivity contribution is 0.186. The number of nitrogens with one attached hydrogen (secondary N) is 2. The van der Waals surface area contributed by atoms with Gasteiger partial charge in [0, 0.05) is 0 Å². The number of imidazole rings is 1. The van der Waals surface area contributed by atoms with E-state index < -0.39 is 6.09 Å². The molecule has 2 N–H and O–H groups in total. The third-order valence-electron chi connectivity index (χ3n) is 1.80. The highest BCUT2D eigenvalue weighted by Gasteiger charge is 2.04. The van der Waals surface area contributed by atoms with E-state index in [-0.39, 0.29) is 13.5 Å². The molecule has 6 heteroatoms. The van der Waals surface area contributed by atoms with E-state index in [4.69, 9.17) is 0 Å². The average molecular weight is 225 g/mol. The van der Waals surface area contributed by atoms with Crippen LogP contribution >= 0.6 is 13.5 Å². The van der Waals surface area contributed by atoms with Gasteiger partial charge in [-0.25, -0.2) is 9.78 Å². The molecular weight excluding hydrogens is 214 g/mol. The summed E-state index contributed by atoms with van der Waals surface area (Å²) >= 11 is 0. The second-order valence-corrected chi connectivity index (χ2v) is 2.72. The minimum Gasteiger partial charge on any atom is -0.453 e. The fourth-order valence-electron chi connectivity index (χ4n) is 1.16. The minimum absolute atomic E-state index is 0. The Morgan fingerprint density at radius 1 is 1.47 bits per heavy atom. The molecule has 1 amide bonds. The summed E-state index contributed by atoms with van der Waals surface area (Å²) in [5.41, 5.74) is 1.68. The van der Waals surface area contributed by atoms with Gasteiger partial charge in [-0.1, -0.05) is 12.1 Å². The third-order valence-corrected chi connectivity index (χ3v) is 1.80. The number of carbonyl (C=O) groups is 1. The number of carbonyl (C=O) groups excluding carboxylic acids is 1. The number of nitrogens with zero attached hydrogens (tertiary/aromatic N) is 1. The molecule has 0 unspecified atom stereocenters. The monoisotopic (exact) mass is 225 g/mol. The number of aromatic nitrogens is 2. The number of H-pyrrole nitrogens is 1. The Morgan fingerprint density at radius 2 is 2.20 bits per heavy atom. The van der Waals surface area contributed by atoms with Gasteiger partial charge in [0.05, 0.1) is 18.1 Å². The van der Waals surface area contributed by atoms with Crippen LogP contribution in [-0.4, -0.2) is 23.2 Å². The zero-order valence-electron chi connectivity index (χ0n) is 8.07. The van der Waals surface area contributed by atoms with Crippen LogP contribution in [0, 0.1) is 0 Å². The SMILES string of the molecule is COC(=O)Nc1nc2ccccc2[nH]1.S. The van der Waals surface area contributed by atoms with Gasteiger partial charge in [0.25, 0.3) is 0 Å². The first-order chi connectivity index (χ1) is 6.79. The second-order valence-electron chi connectivity index (χ2n) is 2.72. The second kappa shape index (κ2) is 4.70. The Bertz CT molecular complexity index is 436. The summed E-state index contributed by atoms with van der Waals surface area (Å²) in [6, 6.07) is 7.51. The van der Waals surface area contributed by atoms with Gasteiger partial charge in [-0.2, -0.15) is 13.5 Å². The Morgan fingerprint density at radius 3 is 2.87 bits per heavy atom. The third kappa shape index (κ3) is 2.41. The normalized spacial score (nSPS) is 9.40. The van der Waals surface area contributed by atoms with Crippen LogP contribution in [0.1, 0.15) is 0 Å². The van der Waals surface area contributed by atoms with E-state index in [2.05, 4.69) is 20.0 Å². The molecule has 2 rings (SSSR count). The van der Waals surface area contributed by atoms with Crippen molar-refractivity contribution < 1.29 is 9.53 Å². The summed E-state index contributed by atoms with van der Waals surface area (Å²) in [7, 11) is 1.30. The number of methoxy groups -OCH3 is 1. The van der Waals surface area contributed by atoms with Gasteiger partial charge >= 0.3 is 6.09 Å². The molecule has 0 aliphatic rings. The van der Waals surface area contributed by atoms with Gasteiger partial charge < -0.3 is 9.72 Å². The highest BCUT2D eigenvalue weighted by Crippen LogP contribution is 2.12. The molecule has 1 aromatic carbocycles. The number of amides is 1.